The Labute approximate surface area is 194 Å². The molecule has 7 nitrogen and oxygen atoms in total. The predicted molar refractivity (Wildman–Crippen MR) is 119 cm³/mol. The van der Waals surface area contributed by atoms with Gasteiger partial charge in [-0.1, -0.05) is 0 Å². The van der Waals surface area contributed by atoms with E-state index in [2.05, 4.69) is 5.32 Å². The summed E-state index contributed by atoms with van der Waals surface area (Å²) >= 11 is 0. The van der Waals surface area contributed by atoms with Crippen molar-refractivity contribution in [3.63, 3.8) is 0 Å². The zero-order chi connectivity index (χ0) is 23.9. The van der Waals surface area contributed by atoms with E-state index >= 15 is 0 Å². The van der Waals surface area contributed by atoms with Crippen LogP contribution in [0.1, 0.15) is 24.8 Å². The SMILES string of the molecule is O=C(Nc1cc(C(F)(F)F)ccc1N1CCCC1)C1CC(=O)N(c2ccc3c(c2)OCCO3)C1. The van der Waals surface area contributed by atoms with Crippen molar-refractivity contribution in [2.45, 2.75) is 25.4 Å². The lowest BCUT2D eigenvalue weighted by Crippen LogP contribution is -2.29. The Hall–Kier alpha value is -3.43. The Morgan fingerprint density at radius 2 is 1.74 bits per heavy atom. The number of amides is 2. The molecule has 5 rings (SSSR count). The maximum Gasteiger partial charge on any atom is 0.416 e. The number of nitrogens with zero attached hydrogens (tertiary/aromatic N) is 2. The van der Waals surface area contributed by atoms with Gasteiger partial charge in [0.2, 0.25) is 11.8 Å². The number of fused-ring (bicyclic) bond motifs is 1. The molecule has 0 radical (unpaired) electrons. The highest BCUT2D eigenvalue weighted by atomic mass is 19.4. The molecule has 1 atom stereocenters. The highest BCUT2D eigenvalue weighted by Gasteiger charge is 2.37. The summed E-state index contributed by atoms with van der Waals surface area (Å²) in [5, 5.41) is 2.68. The summed E-state index contributed by atoms with van der Waals surface area (Å²) < 4.78 is 51.1. The number of benzene rings is 2. The van der Waals surface area contributed by atoms with Gasteiger partial charge in [-0.05, 0) is 43.2 Å². The highest BCUT2D eigenvalue weighted by molar-refractivity contribution is 6.04. The first kappa shape index (κ1) is 22.4. The van der Waals surface area contributed by atoms with Crippen LogP contribution in [0, 0.1) is 5.92 Å². The summed E-state index contributed by atoms with van der Waals surface area (Å²) in [6, 6.07) is 8.56. The molecule has 2 aromatic rings. The first-order valence-corrected chi connectivity index (χ1v) is 11.3. The average molecular weight is 475 g/mol. The molecule has 34 heavy (non-hydrogen) atoms. The monoisotopic (exact) mass is 475 g/mol. The second kappa shape index (κ2) is 8.73. The minimum Gasteiger partial charge on any atom is -0.486 e. The van der Waals surface area contributed by atoms with E-state index in [4.69, 9.17) is 9.47 Å². The van der Waals surface area contributed by atoms with Gasteiger partial charge in [-0.25, -0.2) is 0 Å². The van der Waals surface area contributed by atoms with Crippen molar-refractivity contribution in [3.05, 3.63) is 42.0 Å². The number of nitrogens with one attached hydrogen (secondary N) is 1. The van der Waals surface area contributed by atoms with Gasteiger partial charge in [0.25, 0.3) is 0 Å². The van der Waals surface area contributed by atoms with E-state index in [0.29, 0.717) is 49.2 Å². The van der Waals surface area contributed by atoms with E-state index in [9.17, 15) is 22.8 Å². The van der Waals surface area contributed by atoms with E-state index in [1.807, 2.05) is 4.90 Å². The predicted octanol–water partition coefficient (Wildman–Crippen LogP) is 4.07. The second-order valence-electron chi connectivity index (χ2n) is 8.65. The highest BCUT2D eigenvalue weighted by Crippen LogP contribution is 2.38. The van der Waals surface area contributed by atoms with Crippen LogP contribution in [0.5, 0.6) is 11.5 Å². The first-order chi connectivity index (χ1) is 16.3. The van der Waals surface area contributed by atoms with Crippen LogP contribution >= 0.6 is 0 Å². The quantitative estimate of drug-likeness (QED) is 0.722. The molecule has 2 saturated heterocycles. The lowest BCUT2D eigenvalue weighted by atomic mass is 10.1. The van der Waals surface area contributed by atoms with Crippen molar-refractivity contribution in [2.75, 3.05) is 48.0 Å². The van der Waals surface area contributed by atoms with Crippen LogP contribution < -0.4 is 24.6 Å². The third kappa shape index (κ3) is 4.36. The van der Waals surface area contributed by atoms with Gasteiger partial charge < -0.3 is 24.6 Å². The number of hydrogen-bond acceptors (Lipinski definition) is 5. The third-order valence-electron chi connectivity index (χ3n) is 6.36. The van der Waals surface area contributed by atoms with Crippen molar-refractivity contribution in [1.82, 2.24) is 0 Å². The molecule has 1 N–H and O–H groups in total. The van der Waals surface area contributed by atoms with Crippen molar-refractivity contribution >= 4 is 28.9 Å². The Morgan fingerprint density at radius 3 is 2.47 bits per heavy atom. The van der Waals surface area contributed by atoms with Crippen molar-refractivity contribution in [1.29, 1.82) is 0 Å². The smallest absolute Gasteiger partial charge is 0.416 e. The summed E-state index contributed by atoms with van der Waals surface area (Å²) in [5.74, 6) is -0.283. The molecule has 3 heterocycles. The largest absolute Gasteiger partial charge is 0.486 e. The van der Waals surface area contributed by atoms with E-state index < -0.39 is 23.6 Å². The number of rotatable bonds is 4. The van der Waals surface area contributed by atoms with E-state index in [-0.39, 0.29) is 24.6 Å². The molecule has 0 bridgehead atoms. The zero-order valence-corrected chi connectivity index (χ0v) is 18.4. The molecule has 1 unspecified atom stereocenters. The standard InChI is InChI=1S/C24H24F3N3O4/c25-24(26,27)16-3-5-19(29-7-1-2-8-29)18(12-16)28-23(32)15-11-22(31)30(14-15)17-4-6-20-21(13-17)34-10-9-33-20/h3-6,12-13,15H,1-2,7-11,14H2,(H,28,32). The maximum atomic E-state index is 13.3. The van der Waals surface area contributed by atoms with Crippen LogP contribution in [0.3, 0.4) is 0 Å². The summed E-state index contributed by atoms with van der Waals surface area (Å²) in [6.07, 6.45) is -2.67. The molecule has 3 aliphatic heterocycles. The van der Waals surface area contributed by atoms with Gasteiger partial charge in [0, 0.05) is 37.8 Å². The Morgan fingerprint density at radius 1 is 1.00 bits per heavy atom. The van der Waals surface area contributed by atoms with Gasteiger partial charge in [-0.15, -0.1) is 0 Å². The third-order valence-corrected chi connectivity index (χ3v) is 6.36. The van der Waals surface area contributed by atoms with Crippen LogP contribution in [-0.4, -0.2) is 44.7 Å². The molecule has 0 saturated carbocycles. The Kier molecular flexibility index (Phi) is 5.75. The van der Waals surface area contributed by atoms with E-state index in [1.54, 1.807) is 18.2 Å². The van der Waals surface area contributed by atoms with E-state index in [1.165, 1.54) is 11.0 Å². The minimum absolute atomic E-state index is 0.0295. The van der Waals surface area contributed by atoms with Crippen LogP contribution in [0.15, 0.2) is 36.4 Å². The Bertz CT molecular complexity index is 1120. The molecular weight excluding hydrogens is 451 g/mol. The number of ether oxygens (including phenoxy) is 2. The number of anilines is 3. The van der Waals surface area contributed by atoms with Gasteiger partial charge in [-0.2, -0.15) is 13.2 Å². The van der Waals surface area contributed by atoms with Crippen molar-refractivity contribution in [2.24, 2.45) is 5.92 Å². The molecule has 0 spiro atoms. The molecule has 180 valence electrons. The van der Waals surface area contributed by atoms with E-state index in [0.717, 1.165) is 25.0 Å². The van der Waals surface area contributed by atoms with Gasteiger partial charge >= 0.3 is 6.18 Å². The molecule has 2 fully saturated rings. The molecule has 3 aliphatic rings. The van der Waals surface area contributed by atoms with Crippen LogP contribution in [-0.2, 0) is 15.8 Å². The normalized spacial score (nSPS) is 20.1. The fourth-order valence-electron chi connectivity index (χ4n) is 4.61. The number of alkyl halides is 3. The van der Waals surface area contributed by atoms with Crippen molar-refractivity contribution in [3.8, 4) is 11.5 Å². The van der Waals surface area contributed by atoms with Crippen LogP contribution in [0.4, 0.5) is 30.2 Å². The van der Waals surface area contributed by atoms with Crippen molar-refractivity contribution < 1.29 is 32.2 Å². The lowest BCUT2D eigenvalue weighted by Gasteiger charge is -2.24. The number of halogens is 3. The maximum absolute atomic E-state index is 13.3. The number of carbonyl (C=O) groups is 2. The van der Waals surface area contributed by atoms with Gasteiger partial charge in [0.1, 0.15) is 13.2 Å². The van der Waals surface area contributed by atoms with Gasteiger partial charge in [0.15, 0.2) is 11.5 Å². The van der Waals surface area contributed by atoms with Gasteiger partial charge in [0.05, 0.1) is 22.9 Å². The van der Waals surface area contributed by atoms with Crippen LogP contribution in [0.2, 0.25) is 0 Å². The van der Waals surface area contributed by atoms with Gasteiger partial charge in [-0.3, -0.25) is 9.59 Å². The second-order valence-corrected chi connectivity index (χ2v) is 8.65. The Balaban J connectivity index is 1.35. The summed E-state index contributed by atoms with van der Waals surface area (Å²) in [7, 11) is 0. The number of hydrogen-bond donors (Lipinski definition) is 1. The summed E-state index contributed by atoms with van der Waals surface area (Å²) in [5.41, 5.74) is 0.436. The molecule has 0 aromatic heterocycles. The lowest BCUT2D eigenvalue weighted by molar-refractivity contribution is -0.137. The van der Waals surface area contributed by atoms with Crippen LogP contribution in [0.25, 0.3) is 0 Å². The summed E-state index contributed by atoms with van der Waals surface area (Å²) in [6.45, 7) is 2.42. The average Bonchev–Trinajstić information content (AvgIpc) is 3.48. The fraction of sp³-hybridized carbons (Fsp3) is 0.417. The molecule has 10 heteroatoms. The number of carbonyl (C=O) groups excluding carboxylic acids is 2. The molecule has 0 aliphatic carbocycles. The molecule has 2 aromatic carbocycles. The minimum atomic E-state index is -4.53. The first-order valence-electron chi connectivity index (χ1n) is 11.3. The topological polar surface area (TPSA) is 71.1 Å². The summed E-state index contributed by atoms with van der Waals surface area (Å²) in [4.78, 5) is 29.2. The molecular formula is C24H24F3N3O4. The molecule has 2 amide bonds. The zero-order valence-electron chi connectivity index (χ0n) is 18.4. The fourth-order valence-corrected chi connectivity index (χ4v) is 4.61.